The Morgan fingerprint density at radius 1 is 1.41 bits per heavy atom. The van der Waals surface area contributed by atoms with Crippen molar-refractivity contribution in [2.45, 2.75) is 65.5 Å². The van der Waals surface area contributed by atoms with Gasteiger partial charge in [-0.25, -0.2) is 4.98 Å². The molecule has 0 amide bonds. The number of imidazole rings is 1. The summed E-state index contributed by atoms with van der Waals surface area (Å²) >= 11 is 0. The number of anilines is 1. The van der Waals surface area contributed by atoms with E-state index in [9.17, 15) is 0 Å². The minimum absolute atomic E-state index is 0.535. The SMILES string of the molecule is CCC(CC)C(C)n1cc(C)nc1NC1CC1. The van der Waals surface area contributed by atoms with E-state index < -0.39 is 0 Å². The van der Waals surface area contributed by atoms with E-state index in [0.29, 0.717) is 12.1 Å². The summed E-state index contributed by atoms with van der Waals surface area (Å²) in [6, 6.07) is 1.21. The Morgan fingerprint density at radius 3 is 2.59 bits per heavy atom. The second kappa shape index (κ2) is 5.11. The van der Waals surface area contributed by atoms with Gasteiger partial charge < -0.3 is 9.88 Å². The van der Waals surface area contributed by atoms with Gasteiger partial charge in [0.2, 0.25) is 5.95 Å². The number of nitrogens with zero attached hydrogens (tertiary/aromatic N) is 2. The van der Waals surface area contributed by atoms with Gasteiger partial charge in [0.25, 0.3) is 0 Å². The zero-order valence-electron chi connectivity index (χ0n) is 11.5. The lowest BCUT2D eigenvalue weighted by Crippen LogP contribution is -2.18. The minimum Gasteiger partial charge on any atom is -0.353 e. The molecule has 3 nitrogen and oxygen atoms in total. The number of aromatic nitrogens is 2. The highest BCUT2D eigenvalue weighted by molar-refractivity contribution is 5.32. The summed E-state index contributed by atoms with van der Waals surface area (Å²) < 4.78 is 2.34. The lowest BCUT2D eigenvalue weighted by atomic mass is 9.95. The van der Waals surface area contributed by atoms with Gasteiger partial charge >= 0.3 is 0 Å². The molecule has 1 aliphatic carbocycles. The van der Waals surface area contributed by atoms with Crippen LogP contribution < -0.4 is 5.32 Å². The molecule has 1 aliphatic rings. The van der Waals surface area contributed by atoms with Crippen LogP contribution in [0, 0.1) is 12.8 Å². The van der Waals surface area contributed by atoms with Gasteiger partial charge in [-0.15, -0.1) is 0 Å². The Kier molecular flexibility index (Phi) is 3.75. The molecule has 0 radical (unpaired) electrons. The van der Waals surface area contributed by atoms with Crippen LogP contribution >= 0.6 is 0 Å². The number of rotatable bonds is 6. The molecule has 2 rings (SSSR count). The van der Waals surface area contributed by atoms with E-state index in [2.05, 4.69) is 48.8 Å². The fourth-order valence-corrected chi connectivity index (χ4v) is 2.54. The van der Waals surface area contributed by atoms with Crippen molar-refractivity contribution in [1.82, 2.24) is 9.55 Å². The van der Waals surface area contributed by atoms with Crippen molar-refractivity contribution in [2.24, 2.45) is 5.92 Å². The Hall–Kier alpha value is -0.990. The highest BCUT2D eigenvalue weighted by Crippen LogP contribution is 2.30. The highest BCUT2D eigenvalue weighted by atomic mass is 15.2. The van der Waals surface area contributed by atoms with E-state index in [1.54, 1.807) is 0 Å². The summed E-state index contributed by atoms with van der Waals surface area (Å²) in [5, 5.41) is 3.54. The largest absolute Gasteiger partial charge is 0.353 e. The monoisotopic (exact) mass is 235 g/mol. The van der Waals surface area contributed by atoms with Crippen molar-refractivity contribution in [1.29, 1.82) is 0 Å². The summed E-state index contributed by atoms with van der Waals surface area (Å²) in [4.78, 5) is 4.61. The van der Waals surface area contributed by atoms with Gasteiger partial charge in [0, 0.05) is 18.3 Å². The summed E-state index contributed by atoms with van der Waals surface area (Å²) in [6.45, 7) is 8.95. The summed E-state index contributed by atoms with van der Waals surface area (Å²) in [5.74, 6) is 1.81. The Morgan fingerprint density at radius 2 is 2.06 bits per heavy atom. The summed E-state index contributed by atoms with van der Waals surface area (Å²) in [7, 11) is 0. The molecule has 0 bridgehead atoms. The maximum atomic E-state index is 4.61. The molecule has 1 heterocycles. The third-order valence-electron chi connectivity index (χ3n) is 3.93. The van der Waals surface area contributed by atoms with E-state index in [-0.39, 0.29) is 0 Å². The Bertz CT molecular complexity index is 362. The zero-order chi connectivity index (χ0) is 12.4. The van der Waals surface area contributed by atoms with Crippen LogP contribution in [-0.4, -0.2) is 15.6 Å². The molecular weight excluding hydrogens is 210 g/mol. The molecule has 1 aromatic heterocycles. The number of hydrogen-bond acceptors (Lipinski definition) is 2. The normalized spacial score (nSPS) is 17.5. The first-order valence-corrected chi connectivity index (χ1v) is 6.97. The minimum atomic E-state index is 0.535. The van der Waals surface area contributed by atoms with E-state index in [1.165, 1.54) is 25.7 Å². The summed E-state index contributed by atoms with van der Waals surface area (Å²) in [6.07, 6.45) is 7.25. The number of aryl methyl sites for hydroxylation is 1. The van der Waals surface area contributed by atoms with Crippen LogP contribution in [0.15, 0.2) is 6.20 Å². The summed E-state index contributed by atoms with van der Waals surface area (Å²) in [5.41, 5.74) is 1.12. The van der Waals surface area contributed by atoms with Gasteiger partial charge in [0.05, 0.1) is 5.69 Å². The van der Waals surface area contributed by atoms with Gasteiger partial charge in [0.1, 0.15) is 0 Å². The molecule has 1 aromatic rings. The van der Waals surface area contributed by atoms with Crippen LogP contribution in [0.5, 0.6) is 0 Å². The van der Waals surface area contributed by atoms with Crippen LogP contribution in [0.1, 0.15) is 58.2 Å². The zero-order valence-corrected chi connectivity index (χ0v) is 11.5. The standard InChI is InChI=1S/C14H25N3/c1-5-12(6-2)11(4)17-9-10(3)15-14(17)16-13-7-8-13/h9,11-13H,5-8H2,1-4H3,(H,15,16). The van der Waals surface area contributed by atoms with E-state index in [0.717, 1.165) is 17.6 Å². The first-order chi connectivity index (χ1) is 8.15. The number of nitrogens with one attached hydrogen (secondary N) is 1. The van der Waals surface area contributed by atoms with Crippen molar-refractivity contribution in [3.63, 3.8) is 0 Å². The van der Waals surface area contributed by atoms with Crippen LogP contribution in [0.4, 0.5) is 5.95 Å². The lowest BCUT2D eigenvalue weighted by Gasteiger charge is -2.24. The molecule has 1 atom stereocenters. The predicted molar refractivity (Wildman–Crippen MR) is 72.4 cm³/mol. The second-order valence-corrected chi connectivity index (χ2v) is 5.35. The van der Waals surface area contributed by atoms with Crippen molar-refractivity contribution < 1.29 is 0 Å². The quantitative estimate of drug-likeness (QED) is 0.813. The first-order valence-electron chi connectivity index (χ1n) is 6.97. The van der Waals surface area contributed by atoms with Crippen LogP contribution in [-0.2, 0) is 0 Å². The van der Waals surface area contributed by atoms with Gasteiger partial charge in [-0.2, -0.15) is 0 Å². The second-order valence-electron chi connectivity index (χ2n) is 5.35. The average molecular weight is 235 g/mol. The molecule has 1 saturated carbocycles. The molecule has 0 aromatic carbocycles. The molecule has 17 heavy (non-hydrogen) atoms. The third kappa shape index (κ3) is 2.82. The van der Waals surface area contributed by atoms with Crippen molar-refractivity contribution in [3.05, 3.63) is 11.9 Å². The van der Waals surface area contributed by atoms with Gasteiger partial charge in [-0.05, 0) is 32.6 Å². The molecule has 3 heteroatoms. The fraction of sp³-hybridized carbons (Fsp3) is 0.786. The van der Waals surface area contributed by atoms with Gasteiger partial charge in [-0.3, -0.25) is 0 Å². The smallest absolute Gasteiger partial charge is 0.203 e. The molecule has 1 fully saturated rings. The molecular formula is C14H25N3. The van der Waals surface area contributed by atoms with E-state index in [4.69, 9.17) is 0 Å². The van der Waals surface area contributed by atoms with E-state index >= 15 is 0 Å². The van der Waals surface area contributed by atoms with E-state index in [1.807, 2.05) is 0 Å². The van der Waals surface area contributed by atoms with Crippen LogP contribution in [0.25, 0.3) is 0 Å². The van der Waals surface area contributed by atoms with Gasteiger partial charge in [-0.1, -0.05) is 26.7 Å². The predicted octanol–water partition coefficient (Wildman–Crippen LogP) is 3.76. The molecule has 1 unspecified atom stereocenters. The molecule has 0 aliphatic heterocycles. The van der Waals surface area contributed by atoms with Gasteiger partial charge in [0.15, 0.2) is 0 Å². The van der Waals surface area contributed by atoms with Crippen molar-refractivity contribution >= 4 is 5.95 Å². The molecule has 0 saturated heterocycles. The van der Waals surface area contributed by atoms with Crippen LogP contribution in [0.3, 0.4) is 0 Å². The fourth-order valence-electron chi connectivity index (χ4n) is 2.54. The van der Waals surface area contributed by atoms with Crippen molar-refractivity contribution in [2.75, 3.05) is 5.32 Å². The third-order valence-corrected chi connectivity index (χ3v) is 3.93. The Labute approximate surface area is 105 Å². The van der Waals surface area contributed by atoms with Crippen LogP contribution in [0.2, 0.25) is 0 Å². The molecule has 1 N–H and O–H groups in total. The van der Waals surface area contributed by atoms with Crippen molar-refractivity contribution in [3.8, 4) is 0 Å². The lowest BCUT2D eigenvalue weighted by molar-refractivity contribution is 0.335. The maximum absolute atomic E-state index is 4.61. The molecule has 96 valence electrons. The highest BCUT2D eigenvalue weighted by Gasteiger charge is 2.25. The first kappa shape index (κ1) is 12.5. The maximum Gasteiger partial charge on any atom is 0.203 e. The topological polar surface area (TPSA) is 29.9 Å². The Balaban J connectivity index is 2.16. The molecule has 0 spiro atoms. The average Bonchev–Trinajstić information content (AvgIpc) is 3.03. The number of hydrogen-bond donors (Lipinski definition) is 1.